The fraction of sp³-hybridized carbons (Fsp3) is 0.571. The standard InChI is InChI=1S/C14H22N2O/c1-11(15)13-5-3-12(4-6-13)9-16-8-7-14(10-16)17-2/h3-6,11,14H,7-10,15H2,1-2H3. The van der Waals surface area contributed by atoms with E-state index >= 15 is 0 Å². The molecular weight excluding hydrogens is 212 g/mol. The van der Waals surface area contributed by atoms with Crippen LogP contribution in [0.1, 0.15) is 30.5 Å². The summed E-state index contributed by atoms with van der Waals surface area (Å²) in [4.78, 5) is 2.44. The van der Waals surface area contributed by atoms with E-state index in [1.807, 2.05) is 6.92 Å². The van der Waals surface area contributed by atoms with Crippen molar-refractivity contribution in [2.24, 2.45) is 5.73 Å². The second kappa shape index (κ2) is 5.63. The molecule has 0 amide bonds. The minimum Gasteiger partial charge on any atom is -0.380 e. The molecule has 0 radical (unpaired) electrons. The number of hydrogen-bond donors (Lipinski definition) is 1. The lowest BCUT2D eigenvalue weighted by molar-refractivity contribution is 0.107. The van der Waals surface area contributed by atoms with Gasteiger partial charge in [0.25, 0.3) is 0 Å². The van der Waals surface area contributed by atoms with Crippen LogP contribution in [0, 0.1) is 0 Å². The lowest BCUT2D eigenvalue weighted by Crippen LogP contribution is -2.22. The summed E-state index contributed by atoms with van der Waals surface area (Å²) in [7, 11) is 1.80. The quantitative estimate of drug-likeness (QED) is 0.865. The number of likely N-dealkylation sites (tertiary alicyclic amines) is 1. The Morgan fingerprint density at radius 3 is 2.65 bits per heavy atom. The highest BCUT2D eigenvalue weighted by molar-refractivity contribution is 5.24. The van der Waals surface area contributed by atoms with Gasteiger partial charge in [0.15, 0.2) is 0 Å². The molecule has 0 spiro atoms. The van der Waals surface area contributed by atoms with Crippen molar-refractivity contribution in [2.45, 2.75) is 32.0 Å². The zero-order valence-corrected chi connectivity index (χ0v) is 10.7. The fourth-order valence-corrected chi connectivity index (χ4v) is 2.32. The summed E-state index contributed by atoms with van der Waals surface area (Å²) in [5.41, 5.74) is 8.39. The van der Waals surface area contributed by atoms with Gasteiger partial charge in [-0.05, 0) is 24.5 Å². The molecule has 0 saturated carbocycles. The van der Waals surface area contributed by atoms with Gasteiger partial charge in [-0.1, -0.05) is 24.3 Å². The zero-order chi connectivity index (χ0) is 12.3. The largest absolute Gasteiger partial charge is 0.380 e. The Balaban J connectivity index is 1.91. The van der Waals surface area contributed by atoms with Gasteiger partial charge in [-0.15, -0.1) is 0 Å². The summed E-state index contributed by atoms with van der Waals surface area (Å²) in [6.07, 6.45) is 1.56. The maximum atomic E-state index is 5.84. The van der Waals surface area contributed by atoms with Crippen molar-refractivity contribution in [3.63, 3.8) is 0 Å². The van der Waals surface area contributed by atoms with Crippen LogP contribution >= 0.6 is 0 Å². The number of rotatable bonds is 4. The molecule has 1 saturated heterocycles. The van der Waals surface area contributed by atoms with Crippen molar-refractivity contribution in [3.05, 3.63) is 35.4 Å². The van der Waals surface area contributed by atoms with Gasteiger partial charge in [-0.3, -0.25) is 4.90 Å². The van der Waals surface area contributed by atoms with Gasteiger partial charge >= 0.3 is 0 Å². The molecule has 1 aromatic rings. The molecule has 2 atom stereocenters. The van der Waals surface area contributed by atoms with Crippen molar-refractivity contribution in [3.8, 4) is 0 Å². The van der Waals surface area contributed by atoms with Crippen LogP contribution in [-0.4, -0.2) is 31.2 Å². The summed E-state index contributed by atoms with van der Waals surface area (Å²) < 4.78 is 5.37. The summed E-state index contributed by atoms with van der Waals surface area (Å²) in [6, 6.07) is 8.74. The van der Waals surface area contributed by atoms with Crippen LogP contribution in [-0.2, 0) is 11.3 Å². The van der Waals surface area contributed by atoms with E-state index in [1.54, 1.807) is 7.11 Å². The first-order valence-electron chi connectivity index (χ1n) is 6.28. The minimum atomic E-state index is 0.119. The molecule has 0 aromatic heterocycles. The molecule has 2 rings (SSSR count). The SMILES string of the molecule is COC1CCN(Cc2ccc(C(C)N)cc2)C1. The average molecular weight is 234 g/mol. The van der Waals surface area contributed by atoms with Crippen LogP contribution in [0.4, 0.5) is 0 Å². The first-order valence-corrected chi connectivity index (χ1v) is 6.28. The van der Waals surface area contributed by atoms with E-state index in [4.69, 9.17) is 10.5 Å². The summed E-state index contributed by atoms with van der Waals surface area (Å²) >= 11 is 0. The highest BCUT2D eigenvalue weighted by Crippen LogP contribution is 2.17. The Bertz CT molecular complexity index is 348. The van der Waals surface area contributed by atoms with E-state index in [2.05, 4.69) is 29.2 Å². The van der Waals surface area contributed by atoms with E-state index < -0.39 is 0 Å². The highest BCUT2D eigenvalue weighted by Gasteiger charge is 2.21. The van der Waals surface area contributed by atoms with Gasteiger partial charge in [0.1, 0.15) is 0 Å². The lowest BCUT2D eigenvalue weighted by Gasteiger charge is -2.16. The number of methoxy groups -OCH3 is 1. The van der Waals surface area contributed by atoms with Crippen LogP contribution < -0.4 is 5.73 Å². The normalized spacial score (nSPS) is 22.9. The molecule has 2 unspecified atom stereocenters. The summed E-state index contributed by atoms with van der Waals surface area (Å²) in [5, 5.41) is 0. The van der Waals surface area contributed by atoms with Gasteiger partial charge in [0.05, 0.1) is 6.10 Å². The molecule has 0 bridgehead atoms. The van der Waals surface area contributed by atoms with Crippen molar-refractivity contribution in [2.75, 3.05) is 20.2 Å². The molecule has 1 aromatic carbocycles. The smallest absolute Gasteiger partial charge is 0.0710 e. The number of hydrogen-bond acceptors (Lipinski definition) is 3. The molecule has 17 heavy (non-hydrogen) atoms. The first-order chi connectivity index (χ1) is 8.19. The Morgan fingerprint density at radius 1 is 1.41 bits per heavy atom. The molecule has 1 aliphatic rings. The first kappa shape index (κ1) is 12.6. The Hall–Kier alpha value is -0.900. The van der Waals surface area contributed by atoms with Crippen LogP contribution in [0.3, 0.4) is 0 Å². The minimum absolute atomic E-state index is 0.119. The lowest BCUT2D eigenvalue weighted by atomic mass is 10.1. The van der Waals surface area contributed by atoms with Crippen molar-refractivity contribution in [1.29, 1.82) is 0 Å². The summed E-state index contributed by atoms with van der Waals surface area (Å²) in [5.74, 6) is 0. The molecule has 3 heteroatoms. The number of nitrogens with two attached hydrogens (primary N) is 1. The van der Waals surface area contributed by atoms with Crippen LogP contribution in [0.5, 0.6) is 0 Å². The van der Waals surface area contributed by atoms with Gasteiger partial charge in [0, 0.05) is 32.8 Å². The molecule has 94 valence electrons. The van der Waals surface area contributed by atoms with Gasteiger partial charge in [-0.25, -0.2) is 0 Å². The maximum absolute atomic E-state index is 5.84. The van der Waals surface area contributed by atoms with Crippen molar-refractivity contribution in [1.82, 2.24) is 4.90 Å². The predicted octanol–water partition coefficient (Wildman–Crippen LogP) is 1.93. The fourth-order valence-electron chi connectivity index (χ4n) is 2.32. The third-order valence-electron chi connectivity index (χ3n) is 3.47. The maximum Gasteiger partial charge on any atom is 0.0710 e. The van der Waals surface area contributed by atoms with Gasteiger partial charge in [-0.2, -0.15) is 0 Å². The Morgan fingerprint density at radius 2 is 2.12 bits per heavy atom. The van der Waals surface area contributed by atoms with Crippen molar-refractivity contribution < 1.29 is 4.74 Å². The van der Waals surface area contributed by atoms with Crippen LogP contribution in [0.2, 0.25) is 0 Å². The van der Waals surface area contributed by atoms with Gasteiger partial charge < -0.3 is 10.5 Å². The Kier molecular flexibility index (Phi) is 4.15. The Labute approximate surface area is 104 Å². The average Bonchev–Trinajstić information content (AvgIpc) is 2.77. The van der Waals surface area contributed by atoms with Crippen molar-refractivity contribution >= 4 is 0 Å². The second-order valence-electron chi connectivity index (χ2n) is 4.91. The predicted molar refractivity (Wildman–Crippen MR) is 69.7 cm³/mol. The second-order valence-corrected chi connectivity index (χ2v) is 4.91. The van der Waals surface area contributed by atoms with E-state index in [-0.39, 0.29) is 6.04 Å². The molecule has 2 N–H and O–H groups in total. The monoisotopic (exact) mass is 234 g/mol. The topological polar surface area (TPSA) is 38.5 Å². The third-order valence-corrected chi connectivity index (χ3v) is 3.47. The summed E-state index contributed by atoms with van der Waals surface area (Å²) in [6.45, 7) is 5.21. The zero-order valence-electron chi connectivity index (χ0n) is 10.7. The molecule has 1 fully saturated rings. The van der Waals surface area contributed by atoms with E-state index in [9.17, 15) is 0 Å². The molecule has 1 aliphatic heterocycles. The third kappa shape index (κ3) is 3.28. The van der Waals surface area contributed by atoms with Gasteiger partial charge in [0.2, 0.25) is 0 Å². The van der Waals surface area contributed by atoms with E-state index in [1.165, 1.54) is 11.1 Å². The number of nitrogens with zero attached hydrogens (tertiary/aromatic N) is 1. The molecular formula is C14H22N2O. The van der Waals surface area contributed by atoms with Crippen LogP contribution in [0.25, 0.3) is 0 Å². The van der Waals surface area contributed by atoms with E-state index in [0.29, 0.717) is 6.10 Å². The van der Waals surface area contributed by atoms with Crippen LogP contribution in [0.15, 0.2) is 24.3 Å². The number of benzene rings is 1. The van der Waals surface area contributed by atoms with E-state index in [0.717, 1.165) is 26.1 Å². The molecule has 3 nitrogen and oxygen atoms in total. The molecule has 1 heterocycles. The highest BCUT2D eigenvalue weighted by atomic mass is 16.5. The molecule has 0 aliphatic carbocycles. The number of ether oxygens (including phenoxy) is 1.